The molecule has 0 saturated carbocycles. The zero-order chi connectivity index (χ0) is 11.7. The number of nitrogen functional groups attached to an aromatic ring is 1. The van der Waals surface area contributed by atoms with Crippen molar-refractivity contribution in [2.75, 3.05) is 23.7 Å². The second kappa shape index (κ2) is 6.98. The third-order valence-corrected chi connectivity index (χ3v) is 4.13. The van der Waals surface area contributed by atoms with Gasteiger partial charge in [-0.3, -0.25) is 0 Å². The van der Waals surface area contributed by atoms with Gasteiger partial charge in [-0.2, -0.15) is 0 Å². The SMILES string of the molecule is Cl.Cl.Nc1nc2c(s1)CCN(c1ccccc1)CC2. The van der Waals surface area contributed by atoms with Gasteiger partial charge in [-0.15, -0.1) is 36.2 Å². The molecule has 3 nitrogen and oxygen atoms in total. The first kappa shape index (κ1) is 16.1. The summed E-state index contributed by atoms with van der Waals surface area (Å²) in [6.07, 6.45) is 2.05. The van der Waals surface area contributed by atoms with Gasteiger partial charge in [0.05, 0.1) is 5.69 Å². The topological polar surface area (TPSA) is 42.1 Å². The molecule has 0 unspecified atom stereocenters. The molecule has 2 aromatic rings. The summed E-state index contributed by atoms with van der Waals surface area (Å²) in [5, 5.41) is 0.711. The Hall–Kier alpha value is -0.970. The molecule has 0 atom stereocenters. The smallest absolute Gasteiger partial charge is 0.180 e. The van der Waals surface area contributed by atoms with E-state index < -0.39 is 0 Å². The summed E-state index contributed by atoms with van der Waals surface area (Å²) < 4.78 is 0. The zero-order valence-electron chi connectivity index (χ0n) is 10.4. The van der Waals surface area contributed by atoms with Crippen molar-refractivity contribution in [2.24, 2.45) is 0 Å². The molecular formula is C13H17Cl2N3S. The van der Waals surface area contributed by atoms with Crippen LogP contribution >= 0.6 is 36.2 Å². The number of aromatic nitrogens is 1. The predicted octanol–water partition coefficient (Wildman–Crippen LogP) is 3.17. The van der Waals surface area contributed by atoms with E-state index in [9.17, 15) is 0 Å². The maximum absolute atomic E-state index is 5.75. The fraction of sp³-hybridized carbons (Fsp3) is 0.308. The maximum atomic E-state index is 5.75. The Kier molecular flexibility index (Phi) is 5.91. The number of halogens is 2. The summed E-state index contributed by atoms with van der Waals surface area (Å²) in [4.78, 5) is 8.19. The number of rotatable bonds is 1. The molecule has 0 radical (unpaired) electrons. The second-order valence-electron chi connectivity index (χ2n) is 4.24. The predicted molar refractivity (Wildman–Crippen MR) is 87.1 cm³/mol. The Morgan fingerprint density at radius 1 is 1.05 bits per heavy atom. The van der Waals surface area contributed by atoms with E-state index in [1.165, 1.54) is 16.3 Å². The fourth-order valence-electron chi connectivity index (χ4n) is 2.28. The number of hydrogen-bond donors (Lipinski definition) is 1. The number of hydrogen-bond acceptors (Lipinski definition) is 4. The Balaban J connectivity index is 0.000000902. The molecule has 0 bridgehead atoms. The first-order chi connectivity index (χ1) is 8.33. The minimum Gasteiger partial charge on any atom is -0.375 e. The molecule has 1 aliphatic rings. The van der Waals surface area contributed by atoms with Crippen molar-refractivity contribution in [2.45, 2.75) is 12.8 Å². The Morgan fingerprint density at radius 2 is 1.74 bits per heavy atom. The van der Waals surface area contributed by atoms with Crippen LogP contribution < -0.4 is 10.6 Å². The van der Waals surface area contributed by atoms with Gasteiger partial charge >= 0.3 is 0 Å². The highest BCUT2D eigenvalue weighted by Crippen LogP contribution is 2.26. The van der Waals surface area contributed by atoms with E-state index in [1.807, 2.05) is 0 Å². The molecule has 1 aliphatic heterocycles. The number of para-hydroxylation sites is 1. The molecular weight excluding hydrogens is 301 g/mol. The first-order valence-electron chi connectivity index (χ1n) is 5.87. The summed E-state index contributed by atoms with van der Waals surface area (Å²) in [6, 6.07) is 10.6. The van der Waals surface area contributed by atoms with Crippen LogP contribution in [-0.2, 0) is 12.8 Å². The fourth-order valence-corrected chi connectivity index (χ4v) is 3.15. The van der Waals surface area contributed by atoms with Crippen molar-refractivity contribution in [1.82, 2.24) is 4.98 Å². The Bertz CT molecular complexity index is 490. The van der Waals surface area contributed by atoms with Gasteiger partial charge in [-0.05, 0) is 12.1 Å². The highest BCUT2D eigenvalue weighted by molar-refractivity contribution is 7.15. The third kappa shape index (κ3) is 3.53. The average Bonchev–Trinajstić information content (AvgIpc) is 2.60. The van der Waals surface area contributed by atoms with Crippen LogP contribution in [0.25, 0.3) is 0 Å². The van der Waals surface area contributed by atoms with E-state index in [2.05, 4.69) is 40.2 Å². The van der Waals surface area contributed by atoms with Crippen LogP contribution in [-0.4, -0.2) is 18.1 Å². The number of fused-ring (bicyclic) bond motifs is 1. The van der Waals surface area contributed by atoms with Gasteiger partial charge in [0.15, 0.2) is 5.13 Å². The van der Waals surface area contributed by atoms with Crippen molar-refractivity contribution >= 4 is 47.0 Å². The summed E-state index contributed by atoms with van der Waals surface area (Å²) in [6.45, 7) is 2.08. The number of nitrogens with zero attached hydrogens (tertiary/aromatic N) is 2. The van der Waals surface area contributed by atoms with E-state index in [1.54, 1.807) is 11.3 Å². The monoisotopic (exact) mass is 317 g/mol. The normalized spacial score (nSPS) is 13.8. The van der Waals surface area contributed by atoms with E-state index in [-0.39, 0.29) is 24.8 Å². The number of anilines is 2. The van der Waals surface area contributed by atoms with E-state index in [0.717, 1.165) is 25.9 Å². The maximum Gasteiger partial charge on any atom is 0.180 e. The Morgan fingerprint density at radius 3 is 2.47 bits per heavy atom. The average molecular weight is 318 g/mol. The summed E-state index contributed by atoms with van der Waals surface area (Å²) in [7, 11) is 0. The lowest BCUT2D eigenvalue weighted by molar-refractivity contribution is 0.802. The molecule has 0 aliphatic carbocycles. The van der Waals surface area contributed by atoms with Crippen molar-refractivity contribution < 1.29 is 0 Å². The minimum absolute atomic E-state index is 0. The summed E-state index contributed by atoms with van der Waals surface area (Å²) >= 11 is 1.64. The van der Waals surface area contributed by atoms with Crippen molar-refractivity contribution in [3.8, 4) is 0 Å². The summed E-state index contributed by atoms with van der Waals surface area (Å²) in [5.74, 6) is 0. The lowest BCUT2D eigenvalue weighted by Crippen LogP contribution is -2.25. The molecule has 0 saturated heterocycles. The van der Waals surface area contributed by atoms with Crippen molar-refractivity contribution in [1.29, 1.82) is 0 Å². The molecule has 19 heavy (non-hydrogen) atoms. The van der Waals surface area contributed by atoms with Gasteiger partial charge in [0.25, 0.3) is 0 Å². The van der Waals surface area contributed by atoms with E-state index in [4.69, 9.17) is 5.73 Å². The van der Waals surface area contributed by atoms with Gasteiger partial charge in [0.1, 0.15) is 0 Å². The lowest BCUT2D eigenvalue weighted by atomic mass is 10.2. The molecule has 6 heteroatoms. The number of benzene rings is 1. The molecule has 0 spiro atoms. The van der Waals surface area contributed by atoms with Gasteiger partial charge in [-0.1, -0.05) is 18.2 Å². The molecule has 104 valence electrons. The van der Waals surface area contributed by atoms with Gasteiger partial charge in [0, 0.05) is 36.5 Å². The van der Waals surface area contributed by atoms with Crippen LogP contribution in [0.5, 0.6) is 0 Å². The number of thiazole rings is 1. The highest BCUT2D eigenvalue weighted by atomic mass is 35.5. The molecule has 0 fully saturated rings. The zero-order valence-corrected chi connectivity index (χ0v) is 12.9. The van der Waals surface area contributed by atoms with Gasteiger partial charge in [0.2, 0.25) is 0 Å². The molecule has 2 heterocycles. The summed E-state index contributed by atoms with van der Waals surface area (Å²) in [5.41, 5.74) is 8.25. The lowest BCUT2D eigenvalue weighted by Gasteiger charge is -2.22. The van der Waals surface area contributed by atoms with Crippen molar-refractivity contribution in [3.63, 3.8) is 0 Å². The van der Waals surface area contributed by atoms with Crippen LogP contribution in [0.15, 0.2) is 30.3 Å². The van der Waals surface area contributed by atoms with Crippen molar-refractivity contribution in [3.05, 3.63) is 40.9 Å². The highest BCUT2D eigenvalue weighted by Gasteiger charge is 2.17. The Labute approximate surface area is 129 Å². The van der Waals surface area contributed by atoms with Crippen LogP contribution in [0.3, 0.4) is 0 Å². The number of nitrogens with two attached hydrogens (primary N) is 1. The molecule has 1 aromatic carbocycles. The van der Waals surface area contributed by atoms with E-state index >= 15 is 0 Å². The molecule has 3 rings (SSSR count). The minimum atomic E-state index is 0. The third-order valence-electron chi connectivity index (χ3n) is 3.14. The largest absolute Gasteiger partial charge is 0.375 e. The molecule has 2 N–H and O–H groups in total. The van der Waals surface area contributed by atoms with Crippen LogP contribution in [0.2, 0.25) is 0 Å². The quantitative estimate of drug-likeness (QED) is 0.878. The second-order valence-corrected chi connectivity index (χ2v) is 5.36. The molecule has 0 amide bonds. The van der Waals surface area contributed by atoms with Crippen LogP contribution in [0.4, 0.5) is 10.8 Å². The standard InChI is InChI=1S/C13H15N3S.2ClH/c14-13-15-11-6-8-16(9-7-12(11)17-13)10-4-2-1-3-5-10;;/h1-5H,6-9H2,(H2,14,15);2*1H. The van der Waals surface area contributed by atoms with E-state index in [0.29, 0.717) is 5.13 Å². The van der Waals surface area contributed by atoms with Crippen LogP contribution in [0, 0.1) is 0 Å². The first-order valence-corrected chi connectivity index (χ1v) is 6.68. The molecule has 1 aromatic heterocycles. The van der Waals surface area contributed by atoms with Gasteiger partial charge in [-0.25, -0.2) is 4.98 Å². The van der Waals surface area contributed by atoms with Gasteiger partial charge < -0.3 is 10.6 Å². The van der Waals surface area contributed by atoms with Crippen LogP contribution in [0.1, 0.15) is 10.6 Å².